The zero-order valence-electron chi connectivity index (χ0n) is 10.5. The number of halogens is 2. The summed E-state index contributed by atoms with van der Waals surface area (Å²) in [5.41, 5.74) is -1.66. The zero-order chi connectivity index (χ0) is 13.2. The molecule has 1 aliphatic rings. The van der Waals surface area contributed by atoms with Crippen LogP contribution in [0.3, 0.4) is 0 Å². The minimum Gasteiger partial charge on any atom is -0.385 e. The molecule has 100 valence electrons. The van der Waals surface area contributed by atoms with E-state index >= 15 is 0 Å². The molecular weight excluding hydrogens is 238 g/mol. The minimum absolute atomic E-state index is 0.132. The Balaban J connectivity index is 2.30. The smallest absolute Gasteiger partial charge is 0.132 e. The molecule has 2 nitrogen and oxygen atoms in total. The van der Waals surface area contributed by atoms with Crippen LogP contribution in [0.25, 0.3) is 0 Å². The van der Waals surface area contributed by atoms with Gasteiger partial charge in [0.2, 0.25) is 0 Å². The Hall–Kier alpha value is -1.00. The van der Waals surface area contributed by atoms with Gasteiger partial charge in [-0.3, -0.25) is 0 Å². The van der Waals surface area contributed by atoms with Gasteiger partial charge in [0.15, 0.2) is 0 Å². The molecule has 2 atom stereocenters. The van der Waals surface area contributed by atoms with Crippen molar-refractivity contribution in [3.8, 4) is 0 Å². The SMILES string of the molecule is CCCC1CC(O)(c2c(F)cccc2F)CCO1. The van der Waals surface area contributed by atoms with E-state index in [4.69, 9.17) is 4.74 Å². The van der Waals surface area contributed by atoms with Gasteiger partial charge >= 0.3 is 0 Å². The Bertz CT molecular complexity index is 400. The van der Waals surface area contributed by atoms with Crippen molar-refractivity contribution in [2.45, 2.75) is 44.3 Å². The third-order valence-corrected chi connectivity index (χ3v) is 3.47. The summed E-state index contributed by atoms with van der Waals surface area (Å²) in [6.45, 7) is 2.34. The first-order valence-electron chi connectivity index (χ1n) is 6.35. The lowest BCUT2D eigenvalue weighted by molar-refractivity contribution is -0.112. The van der Waals surface area contributed by atoms with E-state index in [0.717, 1.165) is 12.8 Å². The van der Waals surface area contributed by atoms with Gasteiger partial charge in [0, 0.05) is 12.8 Å². The molecule has 0 saturated carbocycles. The molecule has 1 aromatic carbocycles. The standard InChI is InChI=1S/C14H18F2O2/c1-2-4-10-9-14(17,7-8-18-10)13-11(15)5-3-6-12(13)16/h3,5-6,10,17H,2,4,7-9H2,1H3. The van der Waals surface area contributed by atoms with Crippen molar-refractivity contribution in [3.05, 3.63) is 35.4 Å². The van der Waals surface area contributed by atoms with E-state index in [0.29, 0.717) is 6.61 Å². The molecule has 18 heavy (non-hydrogen) atoms. The van der Waals surface area contributed by atoms with Crippen LogP contribution >= 0.6 is 0 Å². The van der Waals surface area contributed by atoms with Crippen molar-refractivity contribution in [3.63, 3.8) is 0 Å². The van der Waals surface area contributed by atoms with Crippen LogP contribution in [0.2, 0.25) is 0 Å². The highest BCUT2D eigenvalue weighted by atomic mass is 19.1. The highest BCUT2D eigenvalue weighted by Gasteiger charge is 2.40. The van der Waals surface area contributed by atoms with Gasteiger partial charge in [-0.05, 0) is 18.6 Å². The summed E-state index contributed by atoms with van der Waals surface area (Å²) in [5, 5.41) is 10.5. The molecule has 0 aliphatic carbocycles. The van der Waals surface area contributed by atoms with Gasteiger partial charge in [0.1, 0.15) is 11.6 Å². The van der Waals surface area contributed by atoms with Crippen LogP contribution in [-0.4, -0.2) is 17.8 Å². The summed E-state index contributed by atoms with van der Waals surface area (Å²) >= 11 is 0. The minimum atomic E-state index is -1.45. The number of rotatable bonds is 3. The molecule has 0 aromatic heterocycles. The van der Waals surface area contributed by atoms with Crippen LogP contribution in [0.4, 0.5) is 8.78 Å². The van der Waals surface area contributed by atoms with Gasteiger partial charge in [0.25, 0.3) is 0 Å². The molecule has 0 bridgehead atoms. The van der Waals surface area contributed by atoms with Crippen LogP contribution in [0.15, 0.2) is 18.2 Å². The van der Waals surface area contributed by atoms with Crippen molar-refractivity contribution in [2.24, 2.45) is 0 Å². The van der Waals surface area contributed by atoms with Crippen molar-refractivity contribution in [2.75, 3.05) is 6.61 Å². The lowest BCUT2D eigenvalue weighted by Crippen LogP contribution is -2.40. The molecule has 0 radical (unpaired) electrons. The molecular formula is C14H18F2O2. The van der Waals surface area contributed by atoms with E-state index in [-0.39, 0.29) is 24.5 Å². The number of aliphatic hydroxyl groups is 1. The zero-order valence-corrected chi connectivity index (χ0v) is 10.5. The molecule has 0 spiro atoms. The second kappa shape index (κ2) is 5.33. The lowest BCUT2D eigenvalue weighted by Gasteiger charge is -2.37. The van der Waals surface area contributed by atoms with Crippen LogP contribution in [0.1, 0.15) is 38.2 Å². The highest BCUT2D eigenvalue weighted by molar-refractivity contribution is 5.27. The third kappa shape index (κ3) is 2.54. The fourth-order valence-electron chi connectivity index (χ4n) is 2.61. The Kier molecular flexibility index (Phi) is 3.97. The highest BCUT2D eigenvalue weighted by Crippen LogP contribution is 2.38. The largest absolute Gasteiger partial charge is 0.385 e. The summed E-state index contributed by atoms with van der Waals surface area (Å²) in [6, 6.07) is 3.67. The molecule has 1 N–H and O–H groups in total. The summed E-state index contributed by atoms with van der Waals surface area (Å²) in [5.74, 6) is -1.37. The van der Waals surface area contributed by atoms with E-state index in [1.807, 2.05) is 6.92 Å². The first-order chi connectivity index (χ1) is 8.57. The molecule has 2 unspecified atom stereocenters. The molecule has 4 heteroatoms. The van der Waals surface area contributed by atoms with Crippen LogP contribution < -0.4 is 0 Å². The maximum atomic E-state index is 13.8. The van der Waals surface area contributed by atoms with Gasteiger partial charge in [0.05, 0.1) is 23.9 Å². The van der Waals surface area contributed by atoms with Gasteiger partial charge in [-0.2, -0.15) is 0 Å². The second-order valence-electron chi connectivity index (χ2n) is 4.86. The number of hydrogen-bond acceptors (Lipinski definition) is 2. The Morgan fingerprint density at radius 2 is 2.06 bits per heavy atom. The maximum Gasteiger partial charge on any atom is 0.132 e. The van der Waals surface area contributed by atoms with Crippen LogP contribution in [0, 0.1) is 11.6 Å². The topological polar surface area (TPSA) is 29.5 Å². The predicted molar refractivity (Wildman–Crippen MR) is 64.1 cm³/mol. The molecule has 1 aliphatic heterocycles. The number of benzene rings is 1. The summed E-state index contributed by atoms with van der Waals surface area (Å²) in [4.78, 5) is 0. The van der Waals surface area contributed by atoms with Crippen molar-refractivity contribution in [1.29, 1.82) is 0 Å². The summed E-state index contributed by atoms with van der Waals surface area (Å²) in [6.07, 6.45) is 2.05. The first kappa shape index (κ1) is 13.4. The van der Waals surface area contributed by atoms with E-state index in [2.05, 4.69) is 0 Å². The number of ether oxygens (including phenoxy) is 1. The summed E-state index contributed by atoms with van der Waals surface area (Å²) in [7, 11) is 0. The van der Waals surface area contributed by atoms with Crippen molar-refractivity contribution >= 4 is 0 Å². The first-order valence-corrected chi connectivity index (χ1v) is 6.35. The van der Waals surface area contributed by atoms with Crippen LogP contribution in [-0.2, 0) is 10.3 Å². The third-order valence-electron chi connectivity index (χ3n) is 3.47. The Morgan fingerprint density at radius 1 is 1.39 bits per heavy atom. The fourth-order valence-corrected chi connectivity index (χ4v) is 2.61. The monoisotopic (exact) mass is 256 g/mol. The Morgan fingerprint density at radius 3 is 2.67 bits per heavy atom. The quantitative estimate of drug-likeness (QED) is 0.900. The fraction of sp³-hybridized carbons (Fsp3) is 0.571. The van der Waals surface area contributed by atoms with E-state index in [9.17, 15) is 13.9 Å². The molecule has 2 rings (SSSR count). The Labute approximate surface area is 106 Å². The number of hydrogen-bond donors (Lipinski definition) is 1. The molecule has 1 saturated heterocycles. The molecule has 0 amide bonds. The average molecular weight is 256 g/mol. The van der Waals surface area contributed by atoms with Gasteiger partial charge in [-0.25, -0.2) is 8.78 Å². The van der Waals surface area contributed by atoms with E-state index in [1.165, 1.54) is 18.2 Å². The van der Waals surface area contributed by atoms with E-state index in [1.54, 1.807) is 0 Å². The van der Waals surface area contributed by atoms with Crippen molar-refractivity contribution in [1.82, 2.24) is 0 Å². The normalized spacial score (nSPS) is 28.3. The second-order valence-corrected chi connectivity index (χ2v) is 4.86. The molecule has 1 fully saturated rings. The molecule has 1 aromatic rings. The van der Waals surface area contributed by atoms with E-state index < -0.39 is 17.2 Å². The van der Waals surface area contributed by atoms with Gasteiger partial charge in [-0.15, -0.1) is 0 Å². The molecule has 1 heterocycles. The maximum absolute atomic E-state index is 13.8. The summed E-state index contributed by atoms with van der Waals surface area (Å²) < 4.78 is 33.0. The van der Waals surface area contributed by atoms with Crippen LogP contribution in [0.5, 0.6) is 0 Å². The van der Waals surface area contributed by atoms with Crippen molar-refractivity contribution < 1.29 is 18.6 Å². The average Bonchev–Trinajstić information content (AvgIpc) is 2.28. The van der Waals surface area contributed by atoms with Gasteiger partial charge in [-0.1, -0.05) is 19.4 Å². The lowest BCUT2D eigenvalue weighted by atomic mass is 9.82. The van der Waals surface area contributed by atoms with Gasteiger partial charge < -0.3 is 9.84 Å². The predicted octanol–water partition coefficient (Wildman–Crippen LogP) is 3.13.